The second-order valence-electron chi connectivity index (χ2n) is 9.85. The minimum Gasteiger partial charge on any atom is -0.515 e. The minimum atomic E-state index is 0.456. The first-order chi connectivity index (χ1) is 16.4. The summed E-state index contributed by atoms with van der Waals surface area (Å²) in [6, 6.07) is 4.21. The summed E-state index contributed by atoms with van der Waals surface area (Å²) in [4.78, 5) is 18.3. The maximum Gasteiger partial charge on any atom is 0.0907 e. The van der Waals surface area contributed by atoms with E-state index in [1.165, 1.54) is 0 Å². The highest BCUT2D eigenvalue weighted by molar-refractivity contribution is 6.33. The molecule has 0 fully saturated rings. The standard InChI is InChI=1S/C29H30N4O/c1-17(2)13-21-24-7-5-19(30-24)15-20-6-8-25(31-20)22(14-18(3)4)27-10-12-29(33-27)23(16-34)28-11-9-26(21)32-28/h5-12,15-18,30,34H,13-14H2,1-4H3/b20-15?,23-16+,26-21?,27-22?. The fourth-order valence-corrected chi connectivity index (χ4v) is 4.59. The van der Waals surface area contributed by atoms with E-state index in [1.807, 2.05) is 24.3 Å². The van der Waals surface area contributed by atoms with Crippen molar-refractivity contribution in [2.75, 3.05) is 0 Å². The molecule has 0 aliphatic carbocycles. The summed E-state index contributed by atoms with van der Waals surface area (Å²) in [5.74, 6) is 0.927. The van der Waals surface area contributed by atoms with Crippen LogP contribution in [0.5, 0.6) is 0 Å². The van der Waals surface area contributed by atoms with Gasteiger partial charge in [0, 0.05) is 22.5 Å². The average molecular weight is 451 g/mol. The SMILES string of the molecule is CC(C)CC1=C2C=CC(=N2)/C(=C/O)C2=NC(=C(CC(C)C)c3ccc([nH]3)C=C3C=CC1=N3)C=C2. The fourth-order valence-electron chi connectivity index (χ4n) is 4.59. The van der Waals surface area contributed by atoms with Crippen LogP contribution < -0.4 is 0 Å². The molecule has 5 rings (SSSR count). The Kier molecular flexibility index (Phi) is 5.78. The molecule has 0 radical (unpaired) electrons. The summed E-state index contributed by atoms with van der Waals surface area (Å²) in [5.41, 5.74) is 10.0. The minimum absolute atomic E-state index is 0.456. The lowest BCUT2D eigenvalue weighted by Crippen LogP contribution is -2.08. The number of rotatable bonds is 4. The maximum atomic E-state index is 10.2. The first-order valence-corrected chi connectivity index (χ1v) is 11.9. The number of hydrogen-bond acceptors (Lipinski definition) is 4. The summed E-state index contributed by atoms with van der Waals surface area (Å²) < 4.78 is 0. The number of aliphatic hydroxyl groups is 1. The van der Waals surface area contributed by atoms with Gasteiger partial charge in [0.1, 0.15) is 0 Å². The van der Waals surface area contributed by atoms with Crippen molar-refractivity contribution in [1.82, 2.24) is 4.98 Å². The third-order valence-corrected chi connectivity index (χ3v) is 6.11. The Hall–Kier alpha value is -3.73. The van der Waals surface area contributed by atoms with Gasteiger partial charge in [-0.05, 0) is 79.3 Å². The van der Waals surface area contributed by atoms with E-state index >= 15 is 0 Å². The molecule has 0 saturated carbocycles. The van der Waals surface area contributed by atoms with Crippen molar-refractivity contribution in [1.29, 1.82) is 0 Å². The smallest absolute Gasteiger partial charge is 0.0907 e. The van der Waals surface area contributed by atoms with E-state index in [4.69, 9.17) is 15.0 Å². The van der Waals surface area contributed by atoms with Gasteiger partial charge in [-0.1, -0.05) is 27.7 Å². The largest absolute Gasteiger partial charge is 0.515 e. The number of H-pyrrole nitrogens is 1. The van der Waals surface area contributed by atoms with Crippen molar-refractivity contribution in [3.8, 4) is 0 Å². The Bertz CT molecular complexity index is 1340. The number of aliphatic imine (C=N–C) groups is 3. The number of aliphatic hydroxyl groups excluding tert-OH is 1. The van der Waals surface area contributed by atoms with E-state index < -0.39 is 0 Å². The van der Waals surface area contributed by atoms with Crippen LogP contribution in [0, 0.1) is 11.8 Å². The van der Waals surface area contributed by atoms with Crippen LogP contribution >= 0.6 is 0 Å². The molecule has 5 heteroatoms. The Morgan fingerprint density at radius 2 is 1.38 bits per heavy atom. The zero-order chi connectivity index (χ0) is 23.8. The number of aromatic amines is 1. The maximum absolute atomic E-state index is 10.2. The second kappa shape index (κ2) is 8.90. The van der Waals surface area contributed by atoms with Crippen LogP contribution in [0.4, 0.5) is 0 Å². The highest BCUT2D eigenvalue weighted by Crippen LogP contribution is 2.32. The number of allylic oxidation sites excluding steroid dienone is 9. The molecule has 1 aromatic heterocycles. The van der Waals surface area contributed by atoms with Crippen molar-refractivity contribution in [3.05, 3.63) is 94.5 Å². The molecule has 4 aliphatic rings. The van der Waals surface area contributed by atoms with E-state index in [2.05, 4.69) is 63.0 Å². The van der Waals surface area contributed by atoms with Crippen LogP contribution in [0.2, 0.25) is 0 Å². The third kappa shape index (κ3) is 4.26. The van der Waals surface area contributed by atoms with Gasteiger partial charge in [-0.15, -0.1) is 0 Å². The van der Waals surface area contributed by atoms with Gasteiger partial charge >= 0.3 is 0 Å². The molecule has 5 nitrogen and oxygen atoms in total. The summed E-state index contributed by atoms with van der Waals surface area (Å²) in [7, 11) is 0. The molecule has 0 aromatic carbocycles. The third-order valence-electron chi connectivity index (χ3n) is 6.11. The van der Waals surface area contributed by atoms with Gasteiger partial charge in [0.25, 0.3) is 0 Å². The zero-order valence-corrected chi connectivity index (χ0v) is 20.1. The fraction of sp³-hybridized carbons (Fsp3) is 0.276. The Balaban J connectivity index is 1.72. The molecule has 0 amide bonds. The molecular weight excluding hydrogens is 420 g/mol. The first-order valence-electron chi connectivity index (χ1n) is 11.9. The van der Waals surface area contributed by atoms with Gasteiger partial charge in [-0.3, -0.25) is 0 Å². The Morgan fingerprint density at radius 3 is 2.03 bits per heavy atom. The monoisotopic (exact) mass is 450 g/mol. The van der Waals surface area contributed by atoms with Crippen molar-refractivity contribution in [2.45, 2.75) is 40.5 Å². The van der Waals surface area contributed by atoms with Gasteiger partial charge in [0.05, 0.1) is 46.1 Å². The lowest BCUT2D eigenvalue weighted by Gasteiger charge is -2.11. The Labute approximate surface area is 200 Å². The Morgan fingerprint density at radius 1 is 0.765 bits per heavy atom. The molecule has 0 atom stereocenters. The number of fused-ring (bicyclic) bond motifs is 5. The molecule has 4 aliphatic heterocycles. The normalized spacial score (nSPS) is 20.2. The summed E-state index contributed by atoms with van der Waals surface area (Å²) >= 11 is 0. The van der Waals surface area contributed by atoms with Crippen molar-refractivity contribution < 1.29 is 5.11 Å². The van der Waals surface area contributed by atoms with E-state index in [0.717, 1.165) is 64.4 Å². The average Bonchev–Trinajstić information content (AvgIpc) is 3.58. The molecule has 0 spiro atoms. The zero-order valence-electron chi connectivity index (χ0n) is 20.1. The van der Waals surface area contributed by atoms with E-state index in [0.29, 0.717) is 28.8 Å². The summed E-state index contributed by atoms with van der Waals surface area (Å²) in [6.07, 6.45) is 17.0. The summed E-state index contributed by atoms with van der Waals surface area (Å²) in [5, 5.41) is 10.2. The lowest BCUT2D eigenvalue weighted by atomic mass is 9.97. The number of hydrogen-bond donors (Lipinski definition) is 2. The van der Waals surface area contributed by atoms with Crippen LogP contribution in [-0.2, 0) is 0 Å². The predicted molar refractivity (Wildman–Crippen MR) is 142 cm³/mol. The van der Waals surface area contributed by atoms with E-state index in [1.54, 1.807) is 0 Å². The topological polar surface area (TPSA) is 73.1 Å². The molecule has 1 aromatic rings. The van der Waals surface area contributed by atoms with E-state index in [-0.39, 0.29) is 0 Å². The van der Waals surface area contributed by atoms with Gasteiger partial charge in [0.15, 0.2) is 0 Å². The molecule has 0 unspecified atom stereocenters. The van der Waals surface area contributed by atoms with Crippen LogP contribution in [0.25, 0.3) is 11.6 Å². The highest BCUT2D eigenvalue weighted by atomic mass is 16.2. The molecule has 2 N–H and O–H groups in total. The molecule has 172 valence electrons. The van der Waals surface area contributed by atoms with Gasteiger partial charge in [-0.2, -0.15) is 0 Å². The first kappa shape index (κ1) is 22.1. The number of nitrogens with zero attached hydrogens (tertiary/aromatic N) is 3. The van der Waals surface area contributed by atoms with Crippen LogP contribution in [0.3, 0.4) is 0 Å². The lowest BCUT2D eigenvalue weighted by molar-refractivity contribution is 0.472. The predicted octanol–water partition coefficient (Wildman–Crippen LogP) is 6.90. The quantitative estimate of drug-likeness (QED) is 0.481. The van der Waals surface area contributed by atoms with Crippen molar-refractivity contribution >= 4 is 28.8 Å². The van der Waals surface area contributed by atoms with Gasteiger partial charge < -0.3 is 10.1 Å². The molecular formula is C29H30N4O. The highest BCUT2D eigenvalue weighted by Gasteiger charge is 2.23. The molecule has 8 bridgehead atoms. The van der Waals surface area contributed by atoms with Crippen LogP contribution in [-0.4, -0.2) is 27.2 Å². The van der Waals surface area contributed by atoms with Gasteiger partial charge in [-0.25, -0.2) is 15.0 Å². The second-order valence-corrected chi connectivity index (χ2v) is 9.85. The summed E-state index contributed by atoms with van der Waals surface area (Å²) in [6.45, 7) is 8.82. The number of nitrogens with one attached hydrogen (secondary N) is 1. The molecule has 5 heterocycles. The van der Waals surface area contributed by atoms with Crippen LogP contribution in [0.1, 0.15) is 51.9 Å². The molecule has 0 saturated heterocycles. The van der Waals surface area contributed by atoms with Crippen molar-refractivity contribution in [3.63, 3.8) is 0 Å². The number of aromatic nitrogens is 1. The van der Waals surface area contributed by atoms with Crippen molar-refractivity contribution in [2.24, 2.45) is 26.8 Å². The van der Waals surface area contributed by atoms with Crippen LogP contribution in [0.15, 0.2) is 98.1 Å². The van der Waals surface area contributed by atoms with E-state index in [9.17, 15) is 5.11 Å². The molecule has 34 heavy (non-hydrogen) atoms. The van der Waals surface area contributed by atoms with Gasteiger partial charge in [0.2, 0.25) is 0 Å².